The van der Waals surface area contributed by atoms with E-state index in [9.17, 15) is 9.59 Å². The smallest absolute Gasteiger partial charge is 0.350 e. The van der Waals surface area contributed by atoms with E-state index in [4.69, 9.17) is 5.11 Å². The average Bonchev–Trinajstić information content (AvgIpc) is 3.03. The van der Waals surface area contributed by atoms with Crippen molar-refractivity contribution in [3.63, 3.8) is 0 Å². The predicted octanol–water partition coefficient (Wildman–Crippen LogP) is 1.70. The van der Waals surface area contributed by atoms with Crippen LogP contribution in [0.25, 0.3) is 11.7 Å². The summed E-state index contributed by atoms with van der Waals surface area (Å²) < 4.78 is 2.85. The fraction of sp³-hybridized carbons (Fsp3) is 0.0714. The van der Waals surface area contributed by atoms with Crippen molar-refractivity contribution in [1.82, 2.24) is 14.2 Å². The molecular formula is C14H11N3O3S. The summed E-state index contributed by atoms with van der Waals surface area (Å²) in [5, 5.41) is 14.8. The summed E-state index contributed by atoms with van der Waals surface area (Å²) in [5.74, 6) is -1.00. The van der Waals surface area contributed by atoms with Crippen LogP contribution in [-0.4, -0.2) is 25.3 Å². The number of fused-ring (bicyclic) bond motifs is 1. The molecule has 0 bridgehead atoms. The van der Waals surface area contributed by atoms with Gasteiger partial charge >= 0.3 is 11.7 Å². The van der Waals surface area contributed by atoms with Crippen LogP contribution in [0.3, 0.4) is 0 Å². The molecule has 0 amide bonds. The van der Waals surface area contributed by atoms with E-state index >= 15 is 0 Å². The molecule has 1 N–H and O–H groups in total. The van der Waals surface area contributed by atoms with Crippen LogP contribution in [0.15, 0.2) is 46.7 Å². The Hall–Kier alpha value is -2.67. The molecule has 0 spiro atoms. The molecule has 0 atom stereocenters. The summed E-state index contributed by atoms with van der Waals surface area (Å²) >= 11 is 1.46. The Balaban J connectivity index is 1.96. The molecule has 106 valence electrons. The van der Waals surface area contributed by atoms with Crippen molar-refractivity contribution in [2.24, 2.45) is 0 Å². The van der Waals surface area contributed by atoms with Gasteiger partial charge in [0.1, 0.15) is 0 Å². The Morgan fingerprint density at radius 2 is 2.24 bits per heavy atom. The maximum absolute atomic E-state index is 12.2. The third-order valence-electron chi connectivity index (χ3n) is 2.97. The van der Waals surface area contributed by atoms with Gasteiger partial charge in [-0.05, 0) is 35.2 Å². The molecule has 0 aliphatic heterocycles. The minimum absolute atomic E-state index is 0.216. The standard InChI is InChI=1S/C14H11N3O3S/c18-13(19)5-4-10-6-8-21-11(10)9-17-14(20)16-7-2-1-3-12(16)15-17/h1-8H,9H2,(H,18,19). The number of rotatable bonds is 4. The third kappa shape index (κ3) is 2.63. The van der Waals surface area contributed by atoms with E-state index in [1.54, 1.807) is 18.3 Å². The van der Waals surface area contributed by atoms with Crippen LogP contribution in [0.4, 0.5) is 0 Å². The number of carboxylic acids is 1. The lowest BCUT2D eigenvalue weighted by Gasteiger charge is -1.98. The Morgan fingerprint density at radius 1 is 1.38 bits per heavy atom. The molecule has 0 fully saturated rings. The van der Waals surface area contributed by atoms with Crippen molar-refractivity contribution >= 4 is 29.0 Å². The molecule has 3 heterocycles. The highest BCUT2D eigenvalue weighted by atomic mass is 32.1. The Labute approximate surface area is 123 Å². The SMILES string of the molecule is O=C(O)C=Cc1ccsc1Cn1nc2ccccn2c1=O. The first kappa shape index (κ1) is 13.3. The van der Waals surface area contributed by atoms with Gasteiger partial charge in [0.2, 0.25) is 0 Å². The fourth-order valence-corrected chi connectivity index (χ4v) is 2.84. The van der Waals surface area contributed by atoms with Crippen LogP contribution in [0.5, 0.6) is 0 Å². The van der Waals surface area contributed by atoms with Gasteiger partial charge in [0.15, 0.2) is 5.65 Å². The molecule has 0 radical (unpaired) electrons. The van der Waals surface area contributed by atoms with Crippen LogP contribution in [0.2, 0.25) is 0 Å². The molecular weight excluding hydrogens is 290 g/mol. The topological polar surface area (TPSA) is 76.6 Å². The Kier molecular flexibility index (Phi) is 3.41. The monoisotopic (exact) mass is 301 g/mol. The number of carbonyl (C=O) groups is 1. The first-order chi connectivity index (χ1) is 10.1. The van der Waals surface area contributed by atoms with Crippen molar-refractivity contribution in [2.75, 3.05) is 0 Å². The Morgan fingerprint density at radius 3 is 3.00 bits per heavy atom. The minimum Gasteiger partial charge on any atom is -0.478 e. The molecule has 7 heteroatoms. The second-order valence-corrected chi connectivity index (χ2v) is 5.34. The van der Waals surface area contributed by atoms with Gasteiger partial charge in [-0.1, -0.05) is 6.07 Å². The molecule has 0 aliphatic carbocycles. The number of pyridine rings is 1. The number of hydrogen-bond acceptors (Lipinski definition) is 4. The number of aliphatic carboxylic acids is 1. The highest BCUT2D eigenvalue weighted by Gasteiger charge is 2.09. The maximum atomic E-state index is 12.2. The van der Waals surface area contributed by atoms with E-state index in [0.717, 1.165) is 16.5 Å². The molecule has 0 unspecified atom stereocenters. The zero-order chi connectivity index (χ0) is 14.8. The molecule has 3 aromatic heterocycles. The van der Waals surface area contributed by atoms with Gasteiger partial charge < -0.3 is 5.11 Å². The number of aromatic nitrogens is 3. The van der Waals surface area contributed by atoms with Crippen LogP contribution >= 0.6 is 11.3 Å². The largest absolute Gasteiger partial charge is 0.478 e. The normalized spacial score (nSPS) is 11.4. The maximum Gasteiger partial charge on any atom is 0.350 e. The van der Waals surface area contributed by atoms with Crippen LogP contribution in [0, 0.1) is 0 Å². The zero-order valence-corrected chi connectivity index (χ0v) is 11.7. The molecule has 0 saturated carbocycles. The van der Waals surface area contributed by atoms with E-state index in [2.05, 4.69) is 5.10 Å². The summed E-state index contributed by atoms with van der Waals surface area (Å²) in [7, 11) is 0. The summed E-state index contributed by atoms with van der Waals surface area (Å²) in [6.07, 6.45) is 4.27. The van der Waals surface area contributed by atoms with Gasteiger partial charge in [-0.3, -0.25) is 4.40 Å². The molecule has 3 rings (SSSR count). The second kappa shape index (κ2) is 5.37. The summed E-state index contributed by atoms with van der Waals surface area (Å²) in [6.45, 7) is 0.317. The minimum atomic E-state index is -1.00. The van der Waals surface area contributed by atoms with Gasteiger partial charge in [0.25, 0.3) is 0 Å². The first-order valence-corrected chi connectivity index (χ1v) is 7.05. The molecule has 0 aromatic carbocycles. The zero-order valence-electron chi connectivity index (χ0n) is 10.8. The molecule has 0 saturated heterocycles. The van der Waals surface area contributed by atoms with Crippen molar-refractivity contribution < 1.29 is 9.90 Å². The van der Waals surface area contributed by atoms with Crippen molar-refractivity contribution in [2.45, 2.75) is 6.54 Å². The lowest BCUT2D eigenvalue weighted by Crippen LogP contribution is -2.21. The highest BCUT2D eigenvalue weighted by molar-refractivity contribution is 7.10. The van der Waals surface area contributed by atoms with Gasteiger partial charge in [-0.15, -0.1) is 16.4 Å². The summed E-state index contributed by atoms with van der Waals surface area (Å²) in [6, 6.07) is 7.17. The van der Waals surface area contributed by atoms with Gasteiger partial charge in [0.05, 0.1) is 6.54 Å². The number of hydrogen-bond donors (Lipinski definition) is 1. The summed E-state index contributed by atoms with van der Waals surface area (Å²) in [5.41, 5.74) is 1.15. The lowest BCUT2D eigenvalue weighted by atomic mass is 10.2. The van der Waals surface area contributed by atoms with E-state index in [-0.39, 0.29) is 5.69 Å². The van der Waals surface area contributed by atoms with Gasteiger partial charge in [0, 0.05) is 17.2 Å². The first-order valence-electron chi connectivity index (χ1n) is 6.17. The quantitative estimate of drug-likeness (QED) is 0.744. The second-order valence-electron chi connectivity index (χ2n) is 4.34. The van der Waals surface area contributed by atoms with Crippen molar-refractivity contribution in [3.8, 4) is 0 Å². The number of carboxylic acid groups (broad SMARTS) is 1. The fourth-order valence-electron chi connectivity index (χ4n) is 2.00. The number of thiophene rings is 1. The summed E-state index contributed by atoms with van der Waals surface area (Å²) in [4.78, 5) is 23.7. The van der Waals surface area contributed by atoms with E-state index in [0.29, 0.717) is 12.2 Å². The molecule has 3 aromatic rings. The van der Waals surface area contributed by atoms with Gasteiger partial charge in [-0.2, -0.15) is 0 Å². The number of nitrogens with zero attached hydrogens (tertiary/aromatic N) is 3. The van der Waals surface area contributed by atoms with Crippen LogP contribution in [-0.2, 0) is 11.3 Å². The average molecular weight is 301 g/mol. The highest BCUT2D eigenvalue weighted by Crippen LogP contribution is 2.19. The lowest BCUT2D eigenvalue weighted by molar-refractivity contribution is -0.131. The van der Waals surface area contributed by atoms with E-state index in [1.165, 1.54) is 26.5 Å². The predicted molar refractivity (Wildman–Crippen MR) is 79.5 cm³/mol. The molecule has 0 aliphatic rings. The van der Waals surface area contributed by atoms with Gasteiger partial charge in [-0.25, -0.2) is 14.3 Å². The third-order valence-corrected chi connectivity index (χ3v) is 3.89. The van der Waals surface area contributed by atoms with E-state index in [1.807, 2.05) is 17.5 Å². The van der Waals surface area contributed by atoms with Crippen molar-refractivity contribution in [1.29, 1.82) is 0 Å². The van der Waals surface area contributed by atoms with Crippen LogP contribution < -0.4 is 5.69 Å². The van der Waals surface area contributed by atoms with Crippen molar-refractivity contribution in [3.05, 3.63) is 62.8 Å². The molecule has 21 heavy (non-hydrogen) atoms. The van der Waals surface area contributed by atoms with E-state index < -0.39 is 5.97 Å². The molecule has 6 nitrogen and oxygen atoms in total. The van der Waals surface area contributed by atoms with Crippen LogP contribution in [0.1, 0.15) is 10.4 Å². The Bertz CT molecular complexity index is 888.